The van der Waals surface area contributed by atoms with Crippen LogP contribution in [0, 0.1) is 6.92 Å². The van der Waals surface area contributed by atoms with Gasteiger partial charge in [-0.1, -0.05) is 31.2 Å². The van der Waals surface area contributed by atoms with E-state index in [2.05, 4.69) is 51.6 Å². The summed E-state index contributed by atoms with van der Waals surface area (Å²) in [5.41, 5.74) is 0.993. The van der Waals surface area contributed by atoms with Gasteiger partial charge in [-0.25, -0.2) is 0 Å². The molecule has 0 aliphatic carbocycles. The summed E-state index contributed by atoms with van der Waals surface area (Å²) in [6.45, 7) is 7.79. The maximum absolute atomic E-state index is 4.39. The highest BCUT2D eigenvalue weighted by molar-refractivity contribution is 5.92. The number of benzene rings is 1. The van der Waals surface area contributed by atoms with E-state index in [1.54, 1.807) is 0 Å². The van der Waals surface area contributed by atoms with E-state index in [-0.39, 0.29) is 0 Å². The predicted molar refractivity (Wildman–Crippen MR) is 87.7 cm³/mol. The van der Waals surface area contributed by atoms with Crippen molar-refractivity contribution in [2.75, 3.05) is 25.0 Å². The minimum atomic E-state index is 0.478. The zero-order valence-electron chi connectivity index (χ0n) is 13.0. The van der Waals surface area contributed by atoms with Crippen LogP contribution in [0.2, 0.25) is 0 Å². The van der Waals surface area contributed by atoms with Gasteiger partial charge in [-0.3, -0.25) is 0 Å². The number of aromatic nitrogens is 2. The topological polar surface area (TPSA) is 41.0 Å². The highest BCUT2D eigenvalue weighted by Gasteiger charge is 2.20. The minimum absolute atomic E-state index is 0.478. The van der Waals surface area contributed by atoms with Gasteiger partial charge in [-0.15, -0.1) is 5.10 Å². The number of hydrogen-bond acceptors (Lipinski definition) is 4. The number of nitrogens with zero attached hydrogens (tertiary/aromatic N) is 3. The zero-order valence-corrected chi connectivity index (χ0v) is 13.0. The summed E-state index contributed by atoms with van der Waals surface area (Å²) in [4.78, 5) is 2.55. The Bertz CT molecular complexity index is 609. The molecule has 0 saturated carbocycles. The molecule has 3 rings (SSSR count). The Morgan fingerprint density at radius 1 is 1.24 bits per heavy atom. The molecule has 1 atom stereocenters. The van der Waals surface area contributed by atoms with Crippen molar-refractivity contribution in [3.63, 3.8) is 0 Å². The molecule has 112 valence electrons. The molecule has 1 N–H and O–H groups in total. The van der Waals surface area contributed by atoms with Crippen LogP contribution in [0.25, 0.3) is 10.8 Å². The van der Waals surface area contributed by atoms with Gasteiger partial charge in [0.2, 0.25) is 0 Å². The lowest BCUT2D eigenvalue weighted by atomic mass is 10.0. The molecular weight excluding hydrogens is 260 g/mol. The second-order valence-electron chi connectivity index (χ2n) is 5.96. The monoisotopic (exact) mass is 284 g/mol. The Labute approximate surface area is 126 Å². The van der Waals surface area contributed by atoms with E-state index in [1.807, 2.05) is 6.92 Å². The van der Waals surface area contributed by atoms with Gasteiger partial charge in [-0.2, -0.15) is 5.10 Å². The fourth-order valence-corrected chi connectivity index (χ4v) is 3.23. The Hall–Kier alpha value is -1.68. The first-order valence-electron chi connectivity index (χ1n) is 7.99. The molecule has 4 nitrogen and oxygen atoms in total. The molecule has 1 aromatic heterocycles. The van der Waals surface area contributed by atoms with E-state index < -0.39 is 0 Å². The third-order valence-corrected chi connectivity index (χ3v) is 4.26. The Morgan fingerprint density at radius 3 is 2.86 bits per heavy atom. The van der Waals surface area contributed by atoms with Crippen LogP contribution in [0.5, 0.6) is 0 Å². The van der Waals surface area contributed by atoms with E-state index in [0.29, 0.717) is 6.04 Å². The van der Waals surface area contributed by atoms with E-state index in [4.69, 9.17) is 0 Å². The molecule has 4 heteroatoms. The molecule has 2 aromatic rings. The number of anilines is 1. The molecule has 0 bridgehead atoms. The van der Waals surface area contributed by atoms with Crippen LogP contribution in [0.3, 0.4) is 0 Å². The van der Waals surface area contributed by atoms with Crippen molar-refractivity contribution >= 4 is 16.6 Å². The molecule has 0 spiro atoms. The quantitative estimate of drug-likeness (QED) is 0.936. The van der Waals surface area contributed by atoms with Crippen LogP contribution in [0.4, 0.5) is 5.82 Å². The van der Waals surface area contributed by atoms with Crippen molar-refractivity contribution in [2.24, 2.45) is 0 Å². The molecule has 21 heavy (non-hydrogen) atoms. The molecule has 0 amide bonds. The zero-order chi connectivity index (χ0) is 14.7. The summed E-state index contributed by atoms with van der Waals surface area (Å²) in [6.07, 6.45) is 3.69. The second kappa shape index (κ2) is 6.39. The smallest absolute Gasteiger partial charge is 0.156 e. The van der Waals surface area contributed by atoms with E-state index >= 15 is 0 Å². The number of likely N-dealkylation sites (tertiary alicyclic amines) is 1. The van der Waals surface area contributed by atoms with E-state index in [0.717, 1.165) is 18.1 Å². The molecule has 1 aliphatic heterocycles. The van der Waals surface area contributed by atoms with Gasteiger partial charge in [0.25, 0.3) is 0 Å². The van der Waals surface area contributed by atoms with Crippen LogP contribution < -0.4 is 5.32 Å². The standard InChI is InChI=1S/C17H24N4/c1-3-10-21-11-6-7-14(12-21)18-17-16-9-5-4-8-15(16)13(2)19-20-17/h4-5,8-9,14H,3,6-7,10-12H2,1-2H3,(H,18,20). The van der Waals surface area contributed by atoms with Crippen LogP contribution in [0.15, 0.2) is 24.3 Å². The van der Waals surface area contributed by atoms with Crippen molar-refractivity contribution in [3.05, 3.63) is 30.0 Å². The Balaban J connectivity index is 1.80. The average molecular weight is 284 g/mol. The van der Waals surface area contributed by atoms with Crippen LogP contribution in [-0.2, 0) is 0 Å². The fraction of sp³-hybridized carbons (Fsp3) is 0.529. The summed E-state index contributed by atoms with van der Waals surface area (Å²) in [5.74, 6) is 0.930. The molecule has 1 fully saturated rings. The highest BCUT2D eigenvalue weighted by atomic mass is 15.2. The average Bonchev–Trinajstić information content (AvgIpc) is 2.51. The lowest BCUT2D eigenvalue weighted by molar-refractivity contribution is 0.216. The number of fused-ring (bicyclic) bond motifs is 1. The number of aryl methyl sites for hydroxylation is 1. The van der Waals surface area contributed by atoms with Crippen LogP contribution >= 0.6 is 0 Å². The molecule has 1 aromatic carbocycles. The maximum Gasteiger partial charge on any atom is 0.156 e. The molecule has 0 radical (unpaired) electrons. The third kappa shape index (κ3) is 3.16. The van der Waals surface area contributed by atoms with Gasteiger partial charge in [0, 0.05) is 23.4 Å². The maximum atomic E-state index is 4.39. The van der Waals surface area contributed by atoms with Gasteiger partial charge >= 0.3 is 0 Å². The number of piperidine rings is 1. The van der Waals surface area contributed by atoms with Crippen molar-refractivity contribution in [3.8, 4) is 0 Å². The van der Waals surface area contributed by atoms with Crippen molar-refractivity contribution in [2.45, 2.75) is 39.2 Å². The summed E-state index contributed by atoms with van der Waals surface area (Å²) >= 11 is 0. The number of hydrogen-bond donors (Lipinski definition) is 1. The van der Waals surface area contributed by atoms with Crippen molar-refractivity contribution < 1.29 is 0 Å². The van der Waals surface area contributed by atoms with Gasteiger partial charge < -0.3 is 10.2 Å². The molecular formula is C17H24N4. The van der Waals surface area contributed by atoms with Gasteiger partial charge in [0.05, 0.1) is 5.69 Å². The van der Waals surface area contributed by atoms with Crippen molar-refractivity contribution in [1.82, 2.24) is 15.1 Å². The first-order chi connectivity index (χ1) is 10.3. The summed E-state index contributed by atoms with van der Waals surface area (Å²) < 4.78 is 0. The van der Waals surface area contributed by atoms with Crippen LogP contribution in [-0.4, -0.2) is 40.8 Å². The predicted octanol–water partition coefficient (Wildman–Crippen LogP) is 3.22. The summed E-state index contributed by atoms with van der Waals surface area (Å²) in [5, 5.41) is 14.7. The molecule has 1 saturated heterocycles. The first kappa shape index (κ1) is 14.3. The SMILES string of the molecule is CCCN1CCCC(Nc2nnc(C)c3ccccc23)C1. The van der Waals surface area contributed by atoms with E-state index in [9.17, 15) is 0 Å². The van der Waals surface area contributed by atoms with Gasteiger partial charge in [0.15, 0.2) is 5.82 Å². The fourth-order valence-electron chi connectivity index (χ4n) is 3.23. The normalized spacial score (nSPS) is 19.8. The Kier molecular flexibility index (Phi) is 4.34. The third-order valence-electron chi connectivity index (χ3n) is 4.26. The minimum Gasteiger partial charge on any atom is -0.364 e. The van der Waals surface area contributed by atoms with Gasteiger partial charge in [0.1, 0.15) is 0 Å². The number of rotatable bonds is 4. The van der Waals surface area contributed by atoms with E-state index in [1.165, 1.54) is 43.1 Å². The second-order valence-corrected chi connectivity index (χ2v) is 5.96. The molecule has 2 heterocycles. The Morgan fingerprint density at radius 2 is 2.05 bits per heavy atom. The largest absolute Gasteiger partial charge is 0.364 e. The van der Waals surface area contributed by atoms with Crippen molar-refractivity contribution in [1.29, 1.82) is 0 Å². The lowest BCUT2D eigenvalue weighted by Gasteiger charge is -2.33. The summed E-state index contributed by atoms with van der Waals surface area (Å²) in [6, 6.07) is 8.86. The lowest BCUT2D eigenvalue weighted by Crippen LogP contribution is -2.42. The summed E-state index contributed by atoms with van der Waals surface area (Å²) in [7, 11) is 0. The first-order valence-corrected chi connectivity index (χ1v) is 7.99. The highest BCUT2D eigenvalue weighted by Crippen LogP contribution is 2.24. The van der Waals surface area contributed by atoms with Gasteiger partial charge in [-0.05, 0) is 39.3 Å². The number of nitrogens with one attached hydrogen (secondary N) is 1. The molecule has 1 aliphatic rings. The molecule has 1 unspecified atom stereocenters. The van der Waals surface area contributed by atoms with Crippen LogP contribution in [0.1, 0.15) is 31.9 Å².